The lowest BCUT2D eigenvalue weighted by Gasteiger charge is -2.21. The van der Waals surface area contributed by atoms with Crippen LogP contribution in [0.5, 0.6) is 5.75 Å². The van der Waals surface area contributed by atoms with Gasteiger partial charge in [0.05, 0.1) is 23.2 Å². The number of para-hydroxylation sites is 1. The summed E-state index contributed by atoms with van der Waals surface area (Å²) in [5.41, 5.74) is 4.33. The van der Waals surface area contributed by atoms with Crippen LogP contribution in [-0.4, -0.2) is 70.1 Å². The van der Waals surface area contributed by atoms with Gasteiger partial charge in [-0.2, -0.15) is 4.98 Å². The molecule has 0 saturated heterocycles. The maximum absolute atomic E-state index is 12.0. The SMILES string of the molecule is COc1cccc2c(-c3nc(Nc4ccc(N(C)CCN(C)C)c([N+](=O)[O-])c4)nc4c3ccn4SI)c[nH]c12. The number of H-pyrrole nitrogens is 1. The van der Waals surface area contributed by atoms with Gasteiger partial charge in [-0.05, 0) is 38.4 Å². The monoisotopic (exact) mass is 658 g/mol. The molecule has 0 bridgehead atoms. The number of aromatic amines is 1. The molecule has 0 spiro atoms. The minimum Gasteiger partial charge on any atom is -0.495 e. The molecular weight excluding hydrogens is 631 g/mol. The number of halogens is 1. The second-order valence-electron chi connectivity index (χ2n) is 9.24. The van der Waals surface area contributed by atoms with Crippen molar-refractivity contribution in [2.75, 3.05) is 51.6 Å². The van der Waals surface area contributed by atoms with Crippen molar-refractivity contribution in [2.24, 2.45) is 0 Å². The molecule has 11 nitrogen and oxygen atoms in total. The fourth-order valence-electron chi connectivity index (χ4n) is 4.47. The summed E-state index contributed by atoms with van der Waals surface area (Å²) >= 11 is 2.21. The van der Waals surface area contributed by atoms with Gasteiger partial charge in [-0.1, -0.05) is 12.1 Å². The molecule has 2 aromatic carbocycles. The molecule has 3 aromatic heterocycles. The lowest BCUT2D eigenvalue weighted by molar-refractivity contribution is -0.384. The zero-order chi connectivity index (χ0) is 27.7. The van der Waals surface area contributed by atoms with Gasteiger partial charge in [0.25, 0.3) is 5.69 Å². The molecule has 5 rings (SSSR count). The van der Waals surface area contributed by atoms with E-state index in [2.05, 4.69) is 31.5 Å². The first kappa shape index (κ1) is 27.0. The molecular formula is C26H27IN8O3S. The number of benzene rings is 2. The van der Waals surface area contributed by atoms with E-state index in [4.69, 9.17) is 14.7 Å². The molecule has 13 heteroatoms. The van der Waals surface area contributed by atoms with Gasteiger partial charge >= 0.3 is 0 Å². The number of nitrogens with zero attached hydrogens (tertiary/aromatic N) is 6. The van der Waals surface area contributed by atoms with Gasteiger partial charge in [-0.3, -0.25) is 14.1 Å². The van der Waals surface area contributed by atoms with Crippen molar-refractivity contribution < 1.29 is 9.66 Å². The van der Waals surface area contributed by atoms with E-state index in [0.29, 0.717) is 23.9 Å². The maximum atomic E-state index is 12.0. The number of nitro benzene ring substituents is 1. The van der Waals surface area contributed by atoms with Crippen LogP contribution in [0.4, 0.5) is 23.0 Å². The Morgan fingerprint density at radius 1 is 1.15 bits per heavy atom. The summed E-state index contributed by atoms with van der Waals surface area (Å²) in [6.45, 7) is 1.43. The van der Waals surface area contributed by atoms with Gasteiger partial charge in [-0.25, -0.2) is 4.98 Å². The largest absolute Gasteiger partial charge is 0.495 e. The first-order valence-corrected chi connectivity index (χ1v) is 15.4. The molecule has 0 aliphatic heterocycles. The van der Waals surface area contributed by atoms with Crippen LogP contribution in [-0.2, 0) is 0 Å². The average molecular weight is 659 g/mol. The lowest BCUT2D eigenvalue weighted by atomic mass is 10.1. The molecule has 0 amide bonds. The minimum atomic E-state index is -0.362. The highest BCUT2D eigenvalue weighted by molar-refractivity contribution is 14.2. The molecule has 0 atom stereocenters. The third kappa shape index (κ3) is 5.33. The molecule has 5 aromatic rings. The van der Waals surface area contributed by atoms with E-state index in [1.807, 2.05) is 77.6 Å². The van der Waals surface area contributed by atoms with Crippen LogP contribution in [0.3, 0.4) is 0 Å². The molecule has 0 unspecified atom stereocenters. The van der Waals surface area contributed by atoms with Crippen LogP contribution >= 0.6 is 30.3 Å². The number of aromatic nitrogens is 4. The van der Waals surface area contributed by atoms with Gasteiger partial charge in [0, 0.05) is 90.9 Å². The van der Waals surface area contributed by atoms with Crippen LogP contribution in [0.2, 0.25) is 0 Å². The van der Waals surface area contributed by atoms with Gasteiger partial charge in [-0.15, -0.1) is 0 Å². The molecule has 3 heterocycles. The summed E-state index contributed by atoms with van der Waals surface area (Å²) in [5.74, 6) is 1.08. The predicted molar refractivity (Wildman–Crippen MR) is 167 cm³/mol. The summed E-state index contributed by atoms with van der Waals surface area (Å²) in [4.78, 5) is 28.5. The molecule has 0 aliphatic rings. The summed E-state index contributed by atoms with van der Waals surface area (Å²) in [6.07, 6.45) is 3.86. The normalized spacial score (nSPS) is 11.4. The number of hydrogen-bond donors (Lipinski definition) is 2. The number of fused-ring (bicyclic) bond motifs is 2. The zero-order valence-corrected chi connectivity index (χ0v) is 24.8. The number of likely N-dealkylation sites (N-methyl/N-ethyl adjacent to an activating group) is 2. The van der Waals surface area contributed by atoms with Crippen LogP contribution < -0.4 is 15.0 Å². The third-order valence-electron chi connectivity index (χ3n) is 6.46. The molecule has 39 heavy (non-hydrogen) atoms. The number of nitrogens with one attached hydrogen (secondary N) is 2. The first-order chi connectivity index (χ1) is 18.8. The Bertz CT molecular complexity index is 1670. The Morgan fingerprint density at radius 2 is 1.97 bits per heavy atom. The van der Waals surface area contributed by atoms with Crippen LogP contribution in [0.1, 0.15) is 0 Å². The number of ether oxygens (including phenoxy) is 1. The predicted octanol–water partition coefficient (Wildman–Crippen LogP) is 6.08. The fraction of sp³-hybridized carbons (Fsp3) is 0.231. The van der Waals surface area contributed by atoms with Crippen molar-refractivity contribution in [1.82, 2.24) is 23.8 Å². The number of hydrogen-bond acceptors (Lipinski definition) is 9. The van der Waals surface area contributed by atoms with Crippen molar-refractivity contribution in [3.8, 4) is 17.0 Å². The van der Waals surface area contributed by atoms with Gasteiger partial charge in [0.15, 0.2) is 5.65 Å². The topological polar surface area (TPSA) is 117 Å². The summed E-state index contributed by atoms with van der Waals surface area (Å²) in [5, 5.41) is 17.0. The standard InChI is InChI=1S/C26H27IN8O3S/c1-32(2)12-13-33(3)20-9-8-16(14-21(20)35(36)37)29-26-30-23(18-10-11-34(39-27)25(18)31-26)19-15-28-24-17(19)6-5-7-22(24)38-4/h5-11,14-15,28H,12-13H2,1-4H3,(H,29,30,31). The van der Waals surface area contributed by atoms with Crippen molar-refractivity contribution in [2.45, 2.75) is 0 Å². The smallest absolute Gasteiger partial charge is 0.294 e. The Kier molecular flexibility index (Phi) is 7.81. The second kappa shape index (κ2) is 11.3. The Balaban J connectivity index is 1.58. The van der Waals surface area contributed by atoms with Gasteiger partial charge in [0.1, 0.15) is 11.4 Å². The van der Waals surface area contributed by atoms with Crippen molar-refractivity contribution in [3.05, 3.63) is 65.0 Å². The van der Waals surface area contributed by atoms with E-state index in [0.717, 1.165) is 45.5 Å². The second-order valence-corrected chi connectivity index (χ2v) is 11.0. The summed E-state index contributed by atoms with van der Waals surface area (Å²) in [6, 6.07) is 12.9. The van der Waals surface area contributed by atoms with Crippen LogP contribution in [0, 0.1) is 10.1 Å². The van der Waals surface area contributed by atoms with Crippen molar-refractivity contribution in [1.29, 1.82) is 0 Å². The van der Waals surface area contributed by atoms with Gasteiger partial charge in [0.2, 0.25) is 5.95 Å². The zero-order valence-electron chi connectivity index (χ0n) is 21.8. The molecule has 0 saturated carbocycles. The highest BCUT2D eigenvalue weighted by Crippen LogP contribution is 2.38. The van der Waals surface area contributed by atoms with E-state index >= 15 is 0 Å². The Morgan fingerprint density at radius 3 is 2.69 bits per heavy atom. The highest BCUT2D eigenvalue weighted by Gasteiger charge is 2.21. The van der Waals surface area contributed by atoms with Gasteiger partial charge < -0.3 is 24.8 Å². The third-order valence-corrected chi connectivity index (χ3v) is 8.18. The van der Waals surface area contributed by atoms with E-state index in [1.165, 1.54) is 15.2 Å². The quantitative estimate of drug-likeness (QED) is 0.105. The maximum Gasteiger partial charge on any atom is 0.294 e. The van der Waals surface area contributed by atoms with Crippen LogP contribution in [0.25, 0.3) is 33.2 Å². The van der Waals surface area contributed by atoms with Crippen LogP contribution in [0.15, 0.2) is 54.9 Å². The number of nitro groups is 1. The van der Waals surface area contributed by atoms with E-state index < -0.39 is 0 Å². The number of rotatable bonds is 10. The van der Waals surface area contributed by atoms with E-state index in [-0.39, 0.29) is 10.6 Å². The number of methoxy groups -OCH3 is 1. The number of anilines is 3. The highest BCUT2D eigenvalue weighted by atomic mass is 127. The molecule has 0 radical (unpaired) electrons. The van der Waals surface area contributed by atoms with E-state index in [9.17, 15) is 10.1 Å². The van der Waals surface area contributed by atoms with Crippen molar-refractivity contribution in [3.63, 3.8) is 0 Å². The molecule has 0 fully saturated rings. The van der Waals surface area contributed by atoms with E-state index in [1.54, 1.807) is 13.2 Å². The summed E-state index contributed by atoms with van der Waals surface area (Å²) in [7, 11) is 8.94. The Labute approximate surface area is 241 Å². The Hall–Kier alpha value is -3.56. The minimum absolute atomic E-state index is 0.0116. The average Bonchev–Trinajstić information content (AvgIpc) is 3.55. The molecule has 0 aliphatic carbocycles. The lowest BCUT2D eigenvalue weighted by Crippen LogP contribution is -2.28. The fourth-order valence-corrected chi connectivity index (χ4v) is 5.74. The molecule has 2 N–H and O–H groups in total. The summed E-state index contributed by atoms with van der Waals surface area (Å²) < 4.78 is 7.48. The molecule has 202 valence electrons. The van der Waals surface area contributed by atoms with Crippen molar-refractivity contribution >= 4 is 75.3 Å². The first-order valence-electron chi connectivity index (χ1n) is 12.0.